The smallest absolute Gasteiger partial charge is 0.260 e. The van der Waals surface area contributed by atoms with Crippen molar-refractivity contribution in [2.24, 2.45) is 0 Å². The van der Waals surface area contributed by atoms with Crippen LogP contribution in [0.4, 0.5) is 0 Å². The van der Waals surface area contributed by atoms with Gasteiger partial charge in [0.15, 0.2) is 5.65 Å². The Morgan fingerprint density at radius 1 is 0.964 bits per heavy atom. The average molecular weight is 367 g/mol. The number of benzene rings is 1. The molecule has 0 saturated carbocycles. The summed E-state index contributed by atoms with van der Waals surface area (Å²) in [5.74, 6) is 0. The number of hydrogen-bond acceptors (Lipinski definition) is 4. The van der Waals surface area contributed by atoms with Gasteiger partial charge in [-0.2, -0.15) is 0 Å². The lowest BCUT2D eigenvalue weighted by molar-refractivity contribution is 0.752. The van der Waals surface area contributed by atoms with Gasteiger partial charge < -0.3 is 8.97 Å². The Hall–Kier alpha value is -3.80. The predicted octanol–water partition coefficient (Wildman–Crippen LogP) is 3.46. The lowest BCUT2D eigenvalue weighted by atomic mass is 10.0. The normalized spacial score (nSPS) is 11.3. The fourth-order valence-corrected chi connectivity index (χ4v) is 3.48. The Morgan fingerprint density at radius 2 is 1.82 bits per heavy atom. The second-order valence-electron chi connectivity index (χ2n) is 6.79. The molecule has 0 unspecified atom stereocenters. The van der Waals surface area contributed by atoms with E-state index in [1.807, 2.05) is 66.3 Å². The van der Waals surface area contributed by atoms with Gasteiger partial charge in [0.1, 0.15) is 0 Å². The molecule has 6 nitrogen and oxygen atoms in total. The molecule has 28 heavy (non-hydrogen) atoms. The van der Waals surface area contributed by atoms with E-state index < -0.39 is 0 Å². The molecule has 0 aliphatic carbocycles. The van der Waals surface area contributed by atoms with Gasteiger partial charge in [-0.3, -0.25) is 14.8 Å². The minimum absolute atomic E-state index is 0.0749. The molecule has 0 fully saturated rings. The van der Waals surface area contributed by atoms with Gasteiger partial charge in [0, 0.05) is 36.5 Å². The van der Waals surface area contributed by atoms with Crippen molar-refractivity contribution in [2.75, 3.05) is 0 Å². The van der Waals surface area contributed by atoms with Crippen LogP contribution in [0.5, 0.6) is 0 Å². The molecule has 4 heterocycles. The molecule has 136 valence electrons. The summed E-state index contributed by atoms with van der Waals surface area (Å²) in [6, 6.07) is 12.0. The van der Waals surface area contributed by atoms with Crippen LogP contribution >= 0.6 is 0 Å². The van der Waals surface area contributed by atoms with Crippen LogP contribution in [0.3, 0.4) is 0 Å². The second kappa shape index (κ2) is 6.42. The Morgan fingerprint density at radius 3 is 2.68 bits per heavy atom. The van der Waals surface area contributed by atoms with Gasteiger partial charge in [0.05, 0.1) is 29.5 Å². The minimum Gasteiger partial charge on any atom is -0.309 e. The molecule has 0 saturated heterocycles. The molecule has 0 aliphatic heterocycles. The third kappa shape index (κ3) is 2.75. The molecule has 0 radical (unpaired) electrons. The first-order valence-electron chi connectivity index (χ1n) is 9.02. The van der Waals surface area contributed by atoms with E-state index in [0.717, 1.165) is 33.5 Å². The maximum atomic E-state index is 13.1. The summed E-state index contributed by atoms with van der Waals surface area (Å²) >= 11 is 0. The number of pyridine rings is 2. The lowest BCUT2D eigenvalue weighted by Gasteiger charge is -2.09. The van der Waals surface area contributed by atoms with Crippen LogP contribution in [0.25, 0.3) is 27.5 Å². The summed E-state index contributed by atoms with van der Waals surface area (Å²) in [6.07, 6.45) is 10.9. The van der Waals surface area contributed by atoms with Gasteiger partial charge >= 0.3 is 0 Å². The van der Waals surface area contributed by atoms with E-state index in [1.165, 1.54) is 0 Å². The second-order valence-corrected chi connectivity index (χ2v) is 6.79. The standard InChI is InChI=1S/C22H17N5O/c1-15-12-27-14-17(25-21(27)11-24-15)13-26-8-7-18-19(16-5-3-2-4-6-16)9-23-10-20(18)22(26)28/h2-12,14H,13H2,1H3. The molecule has 0 N–H and O–H groups in total. The van der Waals surface area contributed by atoms with E-state index in [4.69, 9.17) is 0 Å². The number of aryl methyl sites for hydroxylation is 1. The Bertz CT molecular complexity index is 1370. The molecule has 0 amide bonds. The Kier molecular flexibility index (Phi) is 3.76. The van der Waals surface area contributed by atoms with E-state index in [1.54, 1.807) is 23.2 Å². The van der Waals surface area contributed by atoms with Crippen molar-refractivity contribution >= 4 is 16.4 Å². The van der Waals surface area contributed by atoms with Gasteiger partial charge in [-0.15, -0.1) is 0 Å². The zero-order valence-electron chi connectivity index (χ0n) is 15.3. The number of fused-ring (bicyclic) bond motifs is 2. The highest BCUT2D eigenvalue weighted by Gasteiger charge is 2.10. The van der Waals surface area contributed by atoms with Crippen LogP contribution in [0.1, 0.15) is 11.4 Å². The topological polar surface area (TPSA) is 65.1 Å². The molecule has 0 bridgehead atoms. The van der Waals surface area contributed by atoms with Crippen molar-refractivity contribution < 1.29 is 0 Å². The summed E-state index contributed by atoms with van der Waals surface area (Å²) in [5, 5.41) is 1.50. The van der Waals surface area contributed by atoms with Crippen molar-refractivity contribution in [1.82, 2.24) is 23.9 Å². The summed E-state index contributed by atoms with van der Waals surface area (Å²) in [5.41, 5.74) is 4.41. The molecule has 1 aromatic carbocycles. The van der Waals surface area contributed by atoms with Crippen LogP contribution < -0.4 is 5.56 Å². The Labute approximate surface area is 160 Å². The van der Waals surface area contributed by atoms with E-state index in [-0.39, 0.29) is 5.56 Å². The molecule has 5 aromatic rings. The highest BCUT2D eigenvalue weighted by Crippen LogP contribution is 2.25. The third-order valence-corrected chi connectivity index (χ3v) is 4.84. The minimum atomic E-state index is -0.0749. The van der Waals surface area contributed by atoms with E-state index in [0.29, 0.717) is 11.9 Å². The highest BCUT2D eigenvalue weighted by molar-refractivity contribution is 5.95. The summed E-state index contributed by atoms with van der Waals surface area (Å²) in [7, 11) is 0. The molecule has 4 aromatic heterocycles. The van der Waals surface area contributed by atoms with E-state index >= 15 is 0 Å². The van der Waals surface area contributed by atoms with Crippen molar-refractivity contribution in [3.63, 3.8) is 0 Å². The largest absolute Gasteiger partial charge is 0.309 e. The van der Waals surface area contributed by atoms with Crippen LogP contribution in [0.2, 0.25) is 0 Å². The highest BCUT2D eigenvalue weighted by atomic mass is 16.1. The van der Waals surface area contributed by atoms with Crippen molar-refractivity contribution in [1.29, 1.82) is 0 Å². The number of aromatic nitrogens is 5. The molecular formula is C22H17N5O. The van der Waals surface area contributed by atoms with Crippen molar-refractivity contribution in [3.05, 3.63) is 95.3 Å². The number of rotatable bonds is 3. The van der Waals surface area contributed by atoms with E-state index in [9.17, 15) is 4.79 Å². The van der Waals surface area contributed by atoms with E-state index in [2.05, 4.69) is 15.0 Å². The Balaban J connectivity index is 1.59. The number of imidazole rings is 1. The molecular weight excluding hydrogens is 350 g/mol. The predicted molar refractivity (Wildman–Crippen MR) is 108 cm³/mol. The fourth-order valence-electron chi connectivity index (χ4n) is 3.48. The van der Waals surface area contributed by atoms with Crippen molar-refractivity contribution in [2.45, 2.75) is 13.5 Å². The molecule has 0 spiro atoms. The van der Waals surface area contributed by atoms with Gasteiger partial charge in [-0.25, -0.2) is 4.98 Å². The number of hydrogen-bond donors (Lipinski definition) is 0. The van der Waals surface area contributed by atoms with Crippen LogP contribution in [0, 0.1) is 6.92 Å². The maximum Gasteiger partial charge on any atom is 0.260 e. The lowest BCUT2D eigenvalue weighted by Crippen LogP contribution is -2.20. The maximum absolute atomic E-state index is 13.1. The van der Waals surface area contributed by atoms with Gasteiger partial charge in [-0.05, 0) is 23.9 Å². The number of nitrogens with zero attached hydrogens (tertiary/aromatic N) is 5. The van der Waals surface area contributed by atoms with Gasteiger partial charge in [0.25, 0.3) is 5.56 Å². The molecule has 0 atom stereocenters. The first-order chi connectivity index (χ1) is 13.7. The first kappa shape index (κ1) is 16.4. The summed E-state index contributed by atoms with van der Waals surface area (Å²) in [4.78, 5) is 26.2. The average Bonchev–Trinajstić information content (AvgIpc) is 3.12. The fraction of sp³-hybridized carbons (Fsp3) is 0.0909. The first-order valence-corrected chi connectivity index (χ1v) is 9.02. The summed E-state index contributed by atoms with van der Waals surface area (Å²) < 4.78 is 3.60. The monoisotopic (exact) mass is 367 g/mol. The van der Waals surface area contributed by atoms with Crippen LogP contribution in [-0.4, -0.2) is 23.9 Å². The molecule has 6 heteroatoms. The van der Waals surface area contributed by atoms with Gasteiger partial charge in [-0.1, -0.05) is 30.3 Å². The SMILES string of the molecule is Cc1cn2cc(Cn3ccc4c(-c5ccccc5)cncc4c3=O)nc2cn1. The third-order valence-electron chi connectivity index (χ3n) is 4.84. The molecule has 0 aliphatic rings. The zero-order valence-corrected chi connectivity index (χ0v) is 15.3. The quantitative estimate of drug-likeness (QED) is 0.490. The van der Waals surface area contributed by atoms with Crippen LogP contribution in [0.15, 0.2) is 78.4 Å². The van der Waals surface area contributed by atoms with Crippen LogP contribution in [-0.2, 0) is 6.54 Å². The van der Waals surface area contributed by atoms with Crippen molar-refractivity contribution in [3.8, 4) is 11.1 Å². The molecule has 5 rings (SSSR count). The van der Waals surface area contributed by atoms with Gasteiger partial charge in [0.2, 0.25) is 0 Å². The summed E-state index contributed by atoms with van der Waals surface area (Å²) in [6.45, 7) is 2.33. The zero-order chi connectivity index (χ0) is 19.1.